The molecule has 0 saturated carbocycles. The van der Waals surface area contributed by atoms with E-state index in [1.54, 1.807) is 12.1 Å². The maximum Gasteiger partial charge on any atom is 0.414 e. The van der Waals surface area contributed by atoms with Gasteiger partial charge in [-0.3, -0.25) is 9.69 Å². The highest BCUT2D eigenvalue weighted by atomic mass is 19.1. The lowest BCUT2D eigenvalue weighted by atomic mass is 10.2. The van der Waals surface area contributed by atoms with E-state index < -0.39 is 24.1 Å². The van der Waals surface area contributed by atoms with Gasteiger partial charge in [0.2, 0.25) is 5.91 Å². The molecule has 3 amide bonds. The second-order valence-electron chi connectivity index (χ2n) is 6.76. The van der Waals surface area contributed by atoms with Gasteiger partial charge in [-0.2, -0.15) is 0 Å². The van der Waals surface area contributed by atoms with Crippen LogP contribution >= 0.6 is 0 Å². The summed E-state index contributed by atoms with van der Waals surface area (Å²) in [4.78, 5) is 37.5. The highest BCUT2D eigenvalue weighted by molar-refractivity contribution is 5.90. The third kappa shape index (κ3) is 4.44. The summed E-state index contributed by atoms with van der Waals surface area (Å²) >= 11 is 0. The zero-order valence-corrected chi connectivity index (χ0v) is 15.7. The molecule has 1 aromatic rings. The van der Waals surface area contributed by atoms with Gasteiger partial charge in [-0.05, 0) is 24.6 Å². The van der Waals surface area contributed by atoms with Gasteiger partial charge in [-0.25, -0.2) is 14.0 Å². The van der Waals surface area contributed by atoms with E-state index in [4.69, 9.17) is 4.74 Å². The van der Waals surface area contributed by atoms with Gasteiger partial charge < -0.3 is 25.0 Å². The zero-order valence-electron chi connectivity index (χ0n) is 15.7. The van der Waals surface area contributed by atoms with Crippen LogP contribution in [0.15, 0.2) is 18.2 Å². The minimum Gasteiger partial charge on any atom is -0.453 e. The van der Waals surface area contributed by atoms with E-state index in [1.165, 1.54) is 25.0 Å². The fraction of sp³-hybridized carbons (Fsp3) is 0.500. The van der Waals surface area contributed by atoms with Crippen LogP contribution in [0.1, 0.15) is 13.3 Å². The highest BCUT2D eigenvalue weighted by Crippen LogP contribution is 2.29. The molecule has 28 heavy (non-hydrogen) atoms. The summed E-state index contributed by atoms with van der Waals surface area (Å²) in [6.07, 6.45) is -0.891. The smallest absolute Gasteiger partial charge is 0.414 e. The molecule has 2 heterocycles. The van der Waals surface area contributed by atoms with E-state index in [-0.39, 0.29) is 25.0 Å². The molecular formula is C18H23FN4O5. The van der Waals surface area contributed by atoms with Crippen molar-refractivity contribution in [1.29, 1.82) is 0 Å². The van der Waals surface area contributed by atoms with Crippen molar-refractivity contribution in [3.8, 4) is 0 Å². The topological polar surface area (TPSA) is 100 Å². The van der Waals surface area contributed by atoms with Crippen molar-refractivity contribution in [2.75, 3.05) is 43.1 Å². The molecule has 2 saturated heterocycles. The van der Waals surface area contributed by atoms with Crippen LogP contribution < -0.4 is 20.4 Å². The van der Waals surface area contributed by atoms with Crippen LogP contribution in [-0.2, 0) is 14.3 Å². The van der Waals surface area contributed by atoms with Crippen LogP contribution in [0.25, 0.3) is 0 Å². The first kappa shape index (κ1) is 19.7. The molecule has 152 valence electrons. The Labute approximate surface area is 161 Å². The van der Waals surface area contributed by atoms with Gasteiger partial charge in [0.15, 0.2) is 0 Å². The number of ether oxygens (including phenoxy) is 2. The van der Waals surface area contributed by atoms with Crippen molar-refractivity contribution >= 4 is 29.5 Å². The quantitative estimate of drug-likeness (QED) is 0.779. The van der Waals surface area contributed by atoms with E-state index in [9.17, 15) is 18.8 Å². The van der Waals surface area contributed by atoms with E-state index >= 15 is 0 Å². The van der Waals surface area contributed by atoms with Crippen LogP contribution in [0.5, 0.6) is 0 Å². The maximum atomic E-state index is 14.7. The molecule has 0 aromatic heterocycles. The predicted molar refractivity (Wildman–Crippen MR) is 98.9 cm³/mol. The number of methoxy groups -OCH3 is 1. The Morgan fingerprint density at radius 3 is 2.82 bits per heavy atom. The van der Waals surface area contributed by atoms with Gasteiger partial charge in [-0.1, -0.05) is 0 Å². The lowest BCUT2D eigenvalue weighted by Crippen LogP contribution is -2.37. The normalized spacial score (nSPS) is 21.5. The second kappa shape index (κ2) is 8.32. The van der Waals surface area contributed by atoms with E-state index in [2.05, 4.69) is 15.4 Å². The number of nitrogens with zero attached hydrogens (tertiary/aromatic N) is 2. The Morgan fingerprint density at radius 2 is 2.14 bits per heavy atom. The molecule has 3 rings (SSSR count). The number of amides is 3. The van der Waals surface area contributed by atoms with Crippen LogP contribution in [-0.4, -0.2) is 63.5 Å². The fourth-order valence-electron chi connectivity index (χ4n) is 3.34. The van der Waals surface area contributed by atoms with Gasteiger partial charge in [0.1, 0.15) is 11.9 Å². The van der Waals surface area contributed by atoms with Crippen LogP contribution in [0.4, 0.5) is 25.4 Å². The van der Waals surface area contributed by atoms with Crippen LogP contribution in [0, 0.1) is 5.82 Å². The summed E-state index contributed by atoms with van der Waals surface area (Å²) in [7, 11) is 1.30. The molecule has 2 aliphatic rings. The number of rotatable bonds is 5. The van der Waals surface area contributed by atoms with E-state index in [0.717, 1.165) is 0 Å². The second-order valence-corrected chi connectivity index (χ2v) is 6.76. The number of hydrogen-bond acceptors (Lipinski definition) is 6. The van der Waals surface area contributed by atoms with E-state index in [1.807, 2.05) is 4.90 Å². The SMILES string of the molecule is COC(=O)NC1CCN(c2ccc(N3CC(CNC(C)=O)OC3=O)cc2F)C1. The molecule has 9 nitrogen and oxygen atoms in total. The first-order valence-corrected chi connectivity index (χ1v) is 8.99. The van der Waals surface area contributed by atoms with Gasteiger partial charge in [0.25, 0.3) is 0 Å². The molecule has 0 radical (unpaired) electrons. The Morgan fingerprint density at radius 1 is 1.36 bits per heavy atom. The zero-order chi connectivity index (χ0) is 20.3. The summed E-state index contributed by atoms with van der Waals surface area (Å²) in [5.74, 6) is -0.676. The van der Waals surface area contributed by atoms with Crippen molar-refractivity contribution < 1.29 is 28.2 Å². The van der Waals surface area contributed by atoms with Gasteiger partial charge >= 0.3 is 12.2 Å². The average molecular weight is 394 g/mol. The number of benzene rings is 1. The number of carbonyl (C=O) groups excluding carboxylic acids is 3. The van der Waals surface area contributed by atoms with Crippen molar-refractivity contribution in [1.82, 2.24) is 10.6 Å². The Hall–Kier alpha value is -3.04. The van der Waals surface area contributed by atoms with Crippen molar-refractivity contribution in [2.24, 2.45) is 0 Å². The van der Waals surface area contributed by atoms with Crippen LogP contribution in [0.3, 0.4) is 0 Å². The largest absolute Gasteiger partial charge is 0.453 e. The lowest BCUT2D eigenvalue weighted by Gasteiger charge is -2.21. The fourth-order valence-corrected chi connectivity index (χ4v) is 3.34. The number of cyclic esters (lactones) is 1. The number of halogens is 1. The number of nitrogens with one attached hydrogen (secondary N) is 2. The number of anilines is 2. The minimum atomic E-state index is -0.578. The predicted octanol–water partition coefficient (Wildman–Crippen LogP) is 1.22. The number of alkyl carbamates (subject to hydrolysis) is 1. The lowest BCUT2D eigenvalue weighted by molar-refractivity contribution is -0.119. The molecule has 2 N–H and O–H groups in total. The summed E-state index contributed by atoms with van der Waals surface area (Å²) in [5.41, 5.74) is 0.792. The monoisotopic (exact) mass is 394 g/mol. The summed E-state index contributed by atoms with van der Waals surface area (Å²) in [5, 5.41) is 5.31. The number of carbonyl (C=O) groups is 3. The third-order valence-corrected chi connectivity index (χ3v) is 4.73. The van der Waals surface area contributed by atoms with Crippen molar-refractivity contribution in [2.45, 2.75) is 25.5 Å². The molecule has 2 unspecified atom stereocenters. The maximum absolute atomic E-state index is 14.7. The Balaban J connectivity index is 1.64. The van der Waals surface area contributed by atoms with Crippen LogP contribution in [0.2, 0.25) is 0 Å². The molecule has 0 aliphatic carbocycles. The minimum absolute atomic E-state index is 0.116. The van der Waals surface area contributed by atoms with Gasteiger partial charge in [0, 0.05) is 20.0 Å². The highest BCUT2D eigenvalue weighted by Gasteiger charge is 2.33. The average Bonchev–Trinajstić information content (AvgIpc) is 3.26. The molecular weight excluding hydrogens is 371 g/mol. The number of hydrogen-bond donors (Lipinski definition) is 2. The Kier molecular flexibility index (Phi) is 5.86. The van der Waals surface area contributed by atoms with Gasteiger partial charge in [0.05, 0.1) is 37.6 Å². The van der Waals surface area contributed by atoms with E-state index in [0.29, 0.717) is 30.9 Å². The van der Waals surface area contributed by atoms with Gasteiger partial charge in [-0.15, -0.1) is 0 Å². The first-order chi connectivity index (χ1) is 13.4. The van der Waals surface area contributed by atoms with Crippen molar-refractivity contribution in [3.63, 3.8) is 0 Å². The van der Waals surface area contributed by atoms with Crippen molar-refractivity contribution in [3.05, 3.63) is 24.0 Å². The molecule has 10 heteroatoms. The third-order valence-electron chi connectivity index (χ3n) is 4.73. The summed E-state index contributed by atoms with van der Waals surface area (Å²) in [6.45, 7) is 2.88. The molecule has 1 aromatic carbocycles. The summed E-state index contributed by atoms with van der Waals surface area (Å²) in [6, 6.07) is 4.44. The standard InChI is InChI=1S/C18H23FN4O5/c1-11(24)20-8-14-10-23(18(26)28-14)13-3-4-16(15(19)7-13)22-6-5-12(9-22)21-17(25)27-2/h3-4,7,12,14H,5-6,8-10H2,1-2H3,(H,20,24)(H,21,25). The Bertz CT molecular complexity index is 774. The molecule has 2 aliphatic heterocycles. The summed E-state index contributed by atoms with van der Waals surface area (Å²) < 4.78 is 24.5. The molecule has 2 atom stereocenters. The molecule has 2 fully saturated rings. The molecule has 0 bridgehead atoms. The molecule has 0 spiro atoms. The first-order valence-electron chi connectivity index (χ1n) is 8.99.